The zero-order valence-corrected chi connectivity index (χ0v) is 14.8. The largest absolute Gasteiger partial charge is 0.324 e. The van der Waals surface area contributed by atoms with Crippen molar-refractivity contribution in [3.63, 3.8) is 0 Å². The van der Waals surface area contributed by atoms with Crippen LogP contribution in [0.15, 0.2) is 42.5 Å². The lowest BCUT2D eigenvalue weighted by Gasteiger charge is -2.20. The maximum Gasteiger partial charge on any atom is 0.244 e. The molecule has 0 aliphatic carbocycles. The van der Waals surface area contributed by atoms with Gasteiger partial charge < -0.3 is 10.2 Å². The third-order valence-corrected chi connectivity index (χ3v) is 4.58. The highest BCUT2D eigenvalue weighted by atomic mass is 35.5. The van der Waals surface area contributed by atoms with E-state index in [1.807, 2.05) is 13.8 Å². The standard InChI is InChI=1S/C18H16Cl2N2O2/c1-18(2)14-9-12(20)6-7-15(14)22(17(18)24)10-16(23)21-13-5-3-4-11(19)8-13/h3-9H,10H2,1-2H3,(H,21,23). The molecule has 0 radical (unpaired) electrons. The first kappa shape index (κ1) is 16.8. The average molecular weight is 363 g/mol. The highest BCUT2D eigenvalue weighted by Crippen LogP contribution is 2.42. The van der Waals surface area contributed by atoms with Crippen molar-refractivity contribution >= 4 is 46.4 Å². The lowest BCUT2D eigenvalue weighted by molar-refractivity contribution is -0.124. The SMILES string of the molecule is CC1(C)C(=O)N(CC(=O)Nc2cccc(Cl)c2)c2ccc(Cl)cc21. The van der Waals surface area contributed by atoms with Crippen LogP contribution in [0.3, 0.4) is 0 Å². The lowest BCUT2D eigenvalue weighted by Crippen LogP contribution is -2.40. The van der Waals surface area contributed by atoms with Gasteiger partial charge in [-0.15, -0.1) is 0 Å². The summed E-state index contributed by atoms with van der Waals surface area (Å²) in [6.07, 6.45) is 0. The molecule has 0 bridgehead atoms. The minimum Gasteiger partial charge on any atom is -0.324 e. The Morgan fingerprint density at radius 3 is 2.54 bits per heavy atom. The maximum absolute atomic E-state index is 12.7. The fourth-order valence-corrected chi connectivity index (χ4v) is 3.24. The summed E-state index contributed by atoms with van der Waals surface area (Å²) in [5.41, 5.74) is 1.43. The van der Waals surface area contributed by atoms with E-state index in [1.54, 1.807) is 42.5 Å². The molecule has 0 unspecified atom stereocenters. The number of fused-ring (bicyclic) bond motifs is 1. The first-order chi connectivity index (χ1) is 11.3. The number of anilines is 2. The van der Waals surface area contributed by atoms with Crippen molar-refractivity contribution in [3.8, 4) is 0 Å². The molecule has 2 aromatic carbocycles. The Morgan fingerprint density at radius 2 is 1.83 bits per heavy atom. The number of hydrogen-bond acceptors (Lipinski definition) is 2. The Morgan fingerprint density at radius 1 is 1.12 bits per heavy atom. The highest BCUT2D eigenvalue weighted by molar-refractivity contribution is 6.31. The smallest absolute Gasteiger partial charge is 0.244 e. The van der Waals surface area contributed by atoms with Gasteiger partial charge in [-0.2, -0.15) is 0 Å². The van der Waals surface area contributed by atoms with E-state index in [4.69, 9.17) is 23.2 Å². The summed E-state index contributed by atoms with van der Waals surface area (Å²) in [6.45, 7) is 3.60. The Balaban J connectivity index is 1.83. The molecule has 0 saturated heterocycles. The lowest BCUT2D eigenvalue weighted by atomic mass is 9.86. The van der Waals surface area contributed by atoms with E-state index in [0.29, 0.717) is 15.7 Å². The second-order valence-electron chi connectivity index (χ2n) is 6.24. The van der Waals surface area contributed by atoms with Gasteiger partial charge in [0.15, 0.2) is 0 Å². The van der Waals surface area contributed by atoms with Gasteiger partial charge in [0.25, 0.3) is 0 Å². The van der Waals surface area contributed by atoms with Crippen LogP contribution in [-0.4, -0.2) is 18.4 Å². The van der Waals surface area contributed by atoms with E-state index in [0.717, 1.165) is 11.3 Å². The van der Waals surface area contributed by atoms with Gasteiger partial charge in [-0.1, -0.05) is 29.3 Å². The molecule has 0 aromatic heterocycles. The number of nitrogens with one attached hydrogen (secondary N) is 1. The second-order valence-corrected chi connectivity index (χ2v) is 7.11. The van der Waals surface area contributed by atoms with Gasteiger partial charge in [-0.3, -0.25) is 9.59 Å². The van der Waals surface area contributed by atoms with Crippen molar-refractivity contribution in [2.24, 2.45) is 0 Å². The first-order valence-electron chi connectivity index (χ1n) is 7.46. The molecule has 6 heteroatoms. The Bertz CT molecular complexity index is 834. The summed E-state index contributed by atoms with van der Waals surface area (Å²) in [7, 11) is 0. The number of halogens is 2. The number of benzene rings is 2. The third-order valence-electron chi connectivity index (χ3n) is 4.11. The molecule has 24 heavy (non-hydrogen) atoms. The molecule has 1 N–H and O–H groups in total. The van der Waals surface area contributed by atoms with Crippen LogP contribution in [0.1, 0.15) is 19.4 Å². The van der Waals surface area contributed by atoms with Crippen molar-refractivity contribution in [3.05, 3.63) is 58.1 Å². The molecule has 1 aliphatic rings. The van der Waals surface area contributed by atoms with Crippen LogP contribution in [0.4, 0.5) is 11.4 Å². The molecule has 1 heterocycles. The van der Waals surface area contributed by atoms with Crippen LogP contribution >= 0.6 is 23.2 Å². The third kappa shape index (κ3) is 2.99. The number of amides is 2. The van der Waals surface area contributed by atoms with Crippen molar-refractivity contribution in [2.45, 2.75) is 19.3 Å². The summed E-state index contributed by atoms with van der Waals surface area (Å²) in [5.74, 6) is -0.412. The molecule has 3 rings (SSSR count). The molecule has 2 amide bonds. The van der Waals surface area contributed by atoms with Crippen LogP contribution in [-0.2, 0) is 15.0 Å². The average Bonchev–Trinajstić information content (AvgIpc) is 2.68. The van der Waals surface area contributed by atoms with Gasteiger partial charge in [-0.05, 0) is 55.8 Å². The molecule has 2 aromatic rings. The molecule has 0 atom stereocenters. The van der Waals surface area contributed by atoms with E-state index < -0.39 is 5.41 Å². The van der Waals surface area contributed by atoms with Crippen molar-refractivity contribution in [1.29, 1.82) is 0 Å². The number of rotatable bonds is 3. The Kier molecular flexibility index (Phi) is 4.28. The molecule has 124 valence electrons. The molecular weight excluding hydrogens is 347 g/mol. The normalized spacial score (nSPS) is 15.3. The monoisotopic (exact) mass is 362 g/mol. The zero-order valence-electron chi connectivity index (χ0n) is 13.3. The summed E-state index contributed by atoms with van der Waals surface area (Å²) in [6, 6.07) is 12.1. The fraction of sp³-hybridized carbons (Fsp3) is 0.222. The second kappa shape index (κ2) is 6.11. The van der Waals surface area contributed by atoms with E-state index in [9.17, 15) is 9.59 Å². The molecule has 4 nitrogen and oxygen atoms in total. The molecule has 0 spiro atoms. The minimum absolute atomic E-state index is 0.0661. The fourth-order valence-electron chi connectivity index (χ4n) is 2.87. The van der Waals surface area contributed by atoms with Crippen molar-refractivity contribution in [2.75, 3.05) is 16.8 Å². The number of nitrogens with zero attached hydrogens (tertiary/aromatic N) is 1. The Hall–Kier alpha value is -2.04. The van der Waals surface area contributed by atoms with Gasteiger partial charge in [-0.25, -0.2) is 0 Å². The van der Waals surface area contributed by atoms with E-state index in [2.05, 4.69) is 5.32 Å². The van der Waals surface area contributed by atoms with Crippen molar-refractivity contribution in [1.82, 2.24) is 0 Å². The Labute approximate surface area is 150 Å². The van der Waals surface area contributed by atoms with Crippen LogP contribution in [0, 0.1) is 0 Å². The number of carbonyl (C=O) groups excluding carboxylic acids is 2. The van der Waals surface area contributed by atoms with E-state index in [-0.39, 0.29) is 18.4 Å². The first-order valence-corrected chi connectivity index (χ1v) is 8.22. The van der Waals surface area contributed by atoms with Crippen LogP contribution < -0.4 is 10.2 Å². The minimum atomic E-state index is -0.712. The summed E-state index contributed by atoms with van der Waals surface area (Å²) in [4.78, 5) is 26.5. The summed E-state index contributed by atoms with van der Waals surface area (Å²) < 4.78 is 0. The molecule has 0 fully saturated rings. The van der Waals surface area contributed by atoms with Gasteiger partial charge in [0.1, 0.15) is 6.54 Å². The maximum atomic E-state index is 12.7. The van der Waals surface area contributed by atoms with Crippen LogP contribution in [0.25, 0.3) is 0 Å². The zero-order chi connectivity index (χ0) is 17.5. The van der Waals surface area contributed by atoms with Crippen LogP contribution in [0.2, 0.25) is 10.0 Å². The highest BCUT2D eigenvalue weighted by Gasteiger charge is 2.44. The molecule has 0 saturated carbocycles. The van der Waals surface area contributed by atoms with Crippen LogP contribution in [0.5, 0.6) is 0 Å². The summed E-state index contributed by atoms with van der Waals surface area (Å²) >= 11 is 12.0. The number of carbonyl (C=O) groups is 2. The predicted octanol–water partition coefficient (Wildman–Crippen LogP) is 4.26. The number of hydrogen-bond donors (Lipinski definition) is 1. The van der Waals surface area contributed by atoms with Crippen molar-refractivity contribution < 1.29 is 9.59 Å². The summed E-state index contributed by atoms with van der Waals surface area (Å²) in [5, 5.41) is 3.86. The van der Waals surface area contributed by atoms with Gasteiger partial charge in [0, 0.05) is 21.4 Å². The van der Waals surface area contributed by atoms with E-state index in [1.165, 1.54) is 4.90 Å². The topological polar surface area (TPSA) is 49.4 Å². The van der Waals surface area contributed by atoms with E-state index >= 15 is 0 Å². The van der Waals surface area contributed by atoms with Gasteiger partial charge in [0.2, 0.25) is 11.8 Å². The molecular formula is C18H16Cl2N2O2. The van der Waals surface area contributed by atoms with Gasteiger partial charge in [0.05, 0.1) is 5.41 Å². The molecule has 1 aliphatic heterocycles. The quantitative estimate of drug-likeness (QED) is 0.886. The van der Waals surface area contributed by atoms with Gasteiger partial charge >= 0.3 is 0 Å². The predicted molar refractivity (Wildman–Crippen MR) is 96.9 cm³/mol.